The van der Waals surface area contributed by atoms with Crippen LogP contribution in [0, 0.1) is 6.92 Å². The third-order valence-corrected chi connectivity index (χ3v) is 4.97. The largest absolute Gasteiger partial charge is 0.465 e. The average Bonchev–Trinajstić information content (AvgIpc) is 3.28. The predicted octanol–water partition coefficient (Wildman–Crippen LogP) is 3.79. The van der Waals surface area contributed by atoms with E-state index in [4.69, 9.17) is 25.2 Å². The lowest BCUT2D eigenvalue weighted by molar-refractivity contribution is 0.0116. The van der Waals surface area contributed by atoms with E-state index < -0.39 is 0 Å². The van der Waals surface area contributed by atoms with Crippen LogP contribution in [-0.4, -0.2) is 43.7 Å². The minimum Gasteiger partial charge on any atom is -0.465 e. The Morgan fingerprint density at radius 1 is 1.19 bits per heavy atom. The van der Waals surface area contributed by atoms with Gasteiger partial charge in [-0.2, -0.15) is 0 Å². The first kappa shape index (κ1) is 18.1. The molecule has 6 nitrogen and oxygen atoms in total. The smallest absolute Gasteiger partial charge is 0.287 e. The molecule has 0 saturated carbocycles. The number of aryl methyl sites for hydroxylation is 1. The van der Waals surface area contributed by atoms with Crippen molar-refractivity contribution < 1.29 is 18.4 Å². The topological polar surface area (TPSA) is 67.9 Å². The quantitative estimate of drug-likeness (QED) is 0.720. The van der Waals surface area contributed by atoms with Crippen LogP contribution in [0.3, 0.4) is 0 Å². The van der Waals surface area contributed by atoms with Crippen molar-refractivity contribution >= 4 is 28.5 Å². The van der Waals surface area contributed by atoms with E-state index >= 15 is 0 Å². The van der Waals surface area contributed by atoms with E-state index in [0.717, 1.165) is 30.0 Å². The monoisotopic (exact) mass is 388 g/mol. The van der Waals surface area contributed by atoms with Gasteiger partial charge in [-0.1, -0.05) is 11.6 Å². The molecular formula is C20H21ClN2O4. The third-order valence-electron chi connectivity index (χ3n) is 4.73. The Bertz CT molecular complexity index is 943. The van der Waals surface area contributed by atoms with Crippen LogP contribution >= 0.6 is 11.6 Å². The van der Waals surface area contributed by atoms with Crippen LogP contribution in [-0.2, 0) is 4.74 Å². The lowest BCUT2D eigenvalue weighted by atomic mass is 10.1. The van der Waals surface area contributed by atoms with E-state index in [-0.39, 0.29) is 17.7 Å². The normalized spacial score (nSPS) is 16.5. The number of carbonyl (C=O) groups is 1. The van der Waals surface area contributed by atoms with Crippen molar-refractivity contribution in [1.82, 2.24) is 10.2 Å². The molecule has 4 rings (SSSR count). The van der Waals surface area contributed by atoms with Gasteiger partial charge >= 0.3 is 0 Å². The van der Waals surface area contributed by atoms with Crippen LogP contribution < -0.4 is 5.32 Å². The highest BCUT2D eigenvalue weighted by molar-refractivity contribution is 6.31. The van der Waals surface area contributed by atoms with E-state index in [0.29, 0.717) is 30.4 Å². The summed E-state index contributed by atoms with van der Waals surface area (Å²) in [5, 5.41) is 4.38. The van der Waals surface area contributed by atoms with Gasteiger partial charge in [-0.05, 0) is 43.3 Å². The molecule has 142 valence electrons. The molecule has 1 aromatic carbocycles. The second kappa shape index (κ2) is 7.76. The Morgan fingerprint density at radius 3 is 2.74 bits per heavy atom. The maximum atomic E-state index is 12.6. The maximum Gasteiger partial charge on any atom is 0.287 e. The van der Waals surface area contributed by atoms with Gasteiger partial charge in [-0.15, -0.1) is 0 Å². The molecule has 1 aliphatic rings. The number of hydrogen-bond acceptors (Lipinski definition) is 5. The minimum absolute atomic E-state index is 0.0506. The Labute approximate surface area is 162 Å². The van der Waals surface area contributed by atoms with Crippen LogP contribution in [0.15, 0.2) is 45.2 Å². The van der Waals surface area contributed by atoms with E-state index in [2.05, 4.69) is 10.2 Å². The first-order valence-corrected chi connectivity index (χ1v) is 9.33. The summed E-state index contributed by atoms with van der Waals surface area (Å²) >= 11 is 6.00. The molecule has 0 spiro atoms. The molecule has 0 bridgehead atoms. The zero-order valence-electron chi connectivity index (χ0n) is 15.0. The number of fused-ring (bicyclic) bond motifs is 1. The van der Waals surface area contributed by atoms with Crippen LogP contribution in [0.25, 0.3) is 11.0 Å². The highest BCUT2D eigenvalue weighted by Gasteiger charge is 2.26. The standard InChI is InChI=1S/C20H21ClN2O4/c1-13-2-4-18(26-13)16(23-6-8-25-9-7-23)12-22-20(24)19-11-14-10-15(21)3-5-17(14)27-19/h2-5,10-11,16H,6-9,12H2,1H3,(H,22,24). The van der Waals surface area contributed by atoms with E-state index in [1.54, 1.807) is 24.3 Å². The number of carbonyl (C=O) groups excluding carboxylic acids is 1. The number of furan rings is 2. The summed E-state index contributed by atoms with van der Waals surface area (Å²) in [6.45, 7) is 5.28. The Morgan fingerprint density at radius 2 is 2.00 bits per heavy atom. The number of benzene rings is 1. The van der Waals surface area contributed by atoms with Gasteiger partial charge in [0.25, 0.3) is 5.91 Å². The summed E-state index contributed by atoms with van der Waals surface area (Å²) in [6.07, 6.45) is 0. The Balaban J connectivity index is 1.49. The van der Waals surface area contributed by atoms with Crippen molar-refractivity contribution in [2.45, 2.75) is 13.0 Å². The molecule has 7 heteroatoms. The molecule has 1 atom stereocenters. The van der Waals surface area contributed by atoms with E-state index in [9.17, 15) is 4.79 Å². The number of halogens is 1. The summed E-state index contributed by atoms with van der Waals surface area (Å²) in [7, 11) is 0. The molecule has 1 amide bonds. The van der Waals surface area contributed by atoms with Gasteiger partial charge in [-0.3, -0.25) is 9.69 Å². The lowest BCUT2D eigenvalue weighted by Gasteiger charge is -2.33. The number of amides is 1. The van der Waals surface area contributed by atoms with Crippen LogP contribution in [0.4, 0.5) is 0 Å². The van der Waals surface area contributed by atoms with Crippen molar-refractivity contribution in [3.63, 3.8) is 0 Å². The fraction of sp³-hybridized carbons (Fsp3) is 0.350. The summed E-state index contributed by atoms with van der Waals surface area (Å²) in [5.74, 6) is 1.70. The number of nitrogens with one attached hydrogen (secondary N) is 1. The molecule has 3 aromatic rings. The molecule has 1 N–H and O–H groups in total. The van der Waals surface area contributed by atoms with Crippen molar-refractivity contribution in [3.05, 3.63) is 58.7 Å². The van der Waals surface area contributed by atoms with Gasteiger partial charge in [0.2, 0.25) is 0 Å². The van der Waals surface area contributed by atoms with Crippen molar-refractivity contribution in [3.8, 4) is 0 Å². The minimum atomic E-state index is -0.260. The van der Waals surface area contributed by atoms with E-state index in [1.807, 2.05) is 19.1 Å². The summed E-state index contributed by atoms with van der Waals surface area (Å²) < 4.78 is 16.9. The zero-order chi connectivity index (χ0) is 18.8. The number of nitrogens with zero attached hydrogens (tertiary/aromatic N) is 1. The van der Waals surface area contributed by atoms with Gasteiger partial charge in [0.05, 0.1) is 19.3 Å². The fourth-order valence-corrected chi connectivity index (χ4v) is 3.51. The van der Waals surface area contributed by atoms with Gasteiger partial charge in [-0.25, -0.2) is 0 Å². The average molecular weight is 389 g/mol. The molecular weight excluding hydrogens is 368 g/mol. The molecule has 0 radical (unpaired) electrons. The first-order chi connectivity index (χ1) is 13.1. The van der Waals surface area contributed by atoms with E-state index in [1.165, 1.54) is 0 Å². The number of ether oxygens (including phenoxy) is 1. The molecule has 2 aromatic heterocycles. The van der Waals surface area contributed by atoms with Gasteiger partial charge in [0.15, 0.2) is 5.76 Å². The Kier molecular flexibility index (Phi) is 5.20. The fourth-order valence-electron chi connectivity index (χ4n) is 3.33. The molecule has 27 heavy (non-hydrogen) atoms. The highest BCUT2D eigenvalue weighted by Crippen LogP contribution is 2.25. The SMILES string of the molecule is Cc1ccc(C(CNC(=O)c2cc3cc(Cl)ccc3o2)N2CCOCC2)o1. The molecule has 1 unspecified atom stereocenters. The highest BCUT2D eigenvalue weighted by atomic mass is 35.5. The number of morpholine rings is 1. The van der Waals surface area contributed by atoms with Crippen molar-refractivity contribution in [2.24, 2.45) is 0 Å². The van der Waals surface area contributed by atoms with Crippen LogP contribution in [0.2, 0.25) is 5.02 Å². The molecule has 3 heterocycles. The van der Waals surface area contributed by atoms with Crippen molar-refractivity contribution in [2.75, 3.05) is 32.8 Å². The van der Waals surface area contributed by atoms with Crippen LogP contribution in [0.5, 0.6) is 0 Å². The van der Waals surface area contributed by atoms with Gasteiger partial charge in [0, 0.05) is 30.0 Å². The molecule has 1 fully saturated rings. The third kappa shape index (κ3) is 4.03. The second-order valence-corrected chi connectivity index (χ2v) is 7.05. The molecule has 1 aliphatic heterocycles. The Hall–Kier alpha value is -2.28. The van der Waals surface area contributed by atoms with Crippen molar-refractivity contribution in [1.29, 1.82) is 0 Å². The summed E-state index contributed by atoms with van der Waals surface area (Å²) in [6, 6.07) is 10.8. The summed E-state index contributed by atoms with van der Waals surface area (Å²) in [4.78, 5) is 14.9. The predicted molar refractivity (Wildman–Crippen MR) is 102 cm³/mol. The van der Waals surface area contributed by atoms with Gasteiger partial charge in [0.1, 0.15) is 17.1 Å². The number of hydrogen-bond donors (Lipinski definition) is 1. The summed E-state index contributed by atoms with van der Waals surface area (Å²) in [5.41, 5.74) is 0.635. The number of rotatable bonds is 5. The van der Waals surface area contributed by atoms with Crippen LogP contribution in [0.1, 0.15) is 28.1 Å². The second-order valence-electron chi connectivity index (χ2n) is 6.62. The molecule has 0 aliphatic carbocycles. The van der Waals surface area contributed by atoms with Gasteiger partial charge < -0.3 is 18.9 Å². The maximum absolute atomic E-state index is 12.6. The zero-order valence-corrected chi connectivity index (χ0v) is 15.8. The lowest BCUT2D eigenvalue weighted by Crippen LogP contribution is -2.43. The first-order valence-electron chi connectivity index (χ1n) is 8.95. The molecule has 1 saturated heterocycles.